The van der Waals surface area contributed by atoms with E-state index in [4.69, 9.17) is 9.84 Å². The van der Waals surface area contributed by atoms with Crippen molar-refractivity contribution in [1.82, 2.24) is 0 Å². The molecule has 6 heteroatoms. The second kappa shape index (κ2) is 8.17. The van der Waals surface area contributed by atoms with E-state index in [2.05, 4.69) is 0 Å². The zero-order valence-electron chi connectivity index (χ0n) is 14.7. The fourth-order valence-corrected chi connectivity index (χ4v) is 2.91. The van der Waals surface area contributed by atoms with Crippen LogP contribution in [0.1, 0.15) is 16.7 Å². The van der Waals surface area contributed by atoms with Crippen molar-refractivity contribution in [2.45, 2.75) is 19.2 Å². The maximum absolute atomic E-state index is 13.4. The highest BCUT2D eigenvalue weighted by molar-refractivity contribution is 5.71. The number of rotatable bonds is 6. The third-order valence-corrected chi connectivity index (χ3v) is 4.21. The molecular weight excluding hydrogens is 369 g/mol. The Labute approximate surface area is 160 Å². The quantitative estimate of drug-likeness (QED) is 0.602. The molecule has 0 bridgehead atoms. The minimum atomic E-state index is -4.45. The van der Waals surface area contributed by atoms with Gasteiger partial charge in [0.05, 0.1) is 12.0 Å². The van der Waals surface area contributed by atoms with E-state index in [-0.39, 0.29) is 18.6 Å². The summed E-state index contributed by atoms with van der Waals surface area (Å²) < 4.78 is 45.8. The van der Waals surface area contributed by atoms with Crippen LogP contribution < -0.4 is 4.74 Å². The van der Waals surface area contributed by atoms with Gasteiger partial charge in [0.25, 0.3) is 0 Å². The molecule has 0 heterocycles. The molecule has 0 unspecified atom stereocenters. The first-order chi connectivity index (χ1) is 13.3. The number of carbonyl (C=O) groups is 1. The Kier molecular flexibility index (Phi) is 5.68. The molecule has 0 aliphatic heterocycles. The molecule has 0 aromatic heterocycles. The van der Waals surface area contributed by atoms with E-state index >= 15 is 0 Å². The van der Waals surface area contributed by atoms with Gasteiger partial charge >= 0.3 is 12.1 Å². The molecule has 3 rings (SSSR count). The number of halogens is 3. The number of carboxylic acids is 1. The summed E-state index contributed by atoms with van der Waals surface area (Å²) in [5.74, 6) is -0.418. The fraction of sp³-hybridized carbons (Fsp3) is 0.136. The largest absolute Gasteiger partial charge is 0.489 e. The Morgan fingerprint density at radius 3 is 2.11 bits per heavy atom. The molecule has 3 aromatic carbocycles. The predicted molar refractivity (Wildman–Crippen MR) is 99.0 cm³/mol. The highest BCUT2D eigenvalue weighted by Gasteiger charge is 2.33. The van der Waals surface area contributed by atoms with Crippen molar-refractivity contribution in [2.75, 3.05) is 0 Å². The smallest absolute Gasteiger partial charge is 0.417 e. The monoisotopic (exact) mass is 386 g/mol. The number of aliphatic carboxylic acids is 1. The number of carboxylic acid groups (broad SMARTS) is 1. The number of alkyl halides is 3. The van der Waals surface area contributed by atoms with Crippen LogP contribution in [0.15, 0.2) is 72.8 Å². The van der Waals surface area contributed by atoms with Gasteiger partial charge in [0, 0.05) is 0 Å². The minimum absolute atomic E-state index is 0.0840. The summed E-state index contributed by atoms with van der Waals surface area (Å²) in [5.41, 5.74) is 1.12. The second-order valence-electron chi connectivity index (χ2n) is 6.20. The average Bonchev–Trinajstić information content (AvgIpc) is 2.67. The Balaban J connectivity index is 1.83. The third kappa shape index (κ3) is 4.71. The van der Waals surface area contributed by atoms with E-state index in [9.17, 15) is 18.0 Å². The van der Waals surface area contributed by atoms with E-state index in [1.807, 2.05) is 0 Å². The van der Waals surface area contributed by atoms with Gasteiger partial charge in [-0.1, -0.05) is 54.6 Å². The standard InChI is InChI=1S/C22H17F3O3/c23-22(24,25)20-8-4-3-7-19(20)18-6-2-1-5-16(18)14-28-17-11-9-15(10-12-17)13-21(26)27/h1-12H,13-14H2,(H,26,27). The Hall–Kier alpha value is -3.28. The van der Waals surface area contributed by atoms with Crippen LogP contribution in [0.3, 0.4) is 0 Å². The molecule has 0 radical (unpaired) electrons. The topological polar surface area (TPSA) is 46.5 Å². The molecule has 0 fully saturated rings. The zero-order chi connectivity index (χ0) is 20.1. The molecule has 0 atom stereocenters. The van der Waals surface area contributed by atoms with Crippen LogP contribution in [0.2, 0.25) is 0 Å². The Morgan fingerprint density at radius 2 is 1.46 bits per heavy atom. The lowest BCUT2D eigenvalue weighted by atomic mass is 9.95. The van der Waals surface area contributed by atoms with E-state index < -0.39 is 17.7 Å². The summed E-state index contributed by atoms with van der Waals surface area (Å²) in [6.07, 6.45) is -4.54. The van der Waals surface area contributed by atoms with Crippen molar-refractivity contribution >= 4 is 5.97 Å². The molecule has 3 nitrogen and oxygen atoms in total. The molecule has 28 heavy (non-hydrogen) atoms. The van der Waals surface area contributed by atoms with Crippen LogP contribution in [0.25, 0.3) is 11.1 Å². The van der Waals surface area contributed by atoms with Gasteiger partial charge in [-0.05, 0) is 40.5 Å². The fourth-order valence-electron chi connectivity index (χ4n) is 2.91. The van der Waals surface area contributed by atoms with E-state index in [0.717, 1.165) is 6.07 Å². The van der Waals surface area contributed by atoms with Crippen molar-refractivity contribution in [3.05, 3.63) is 89.5 Å². The average molecular weight is 386 g/mol. The van der Waals surface area contributed by atoms with Crippen LogP contribution >= 0.6 is 0 Å². The summed E-state index contributed by atoms with van der Waals surface area (Å²) >= 11 is 0. The van der Waals surface area contributed by atoms with Gasteiger partial charge in [-0.15, -0.1) is 0 Å². The van der Waals surface area contributed by atoms with Crippen LogP contribution in [-0.4, -0.2) is 11.1 Å². The summed E-state index contributed by atoms with van der Waals surface area (Å²) in [6, 6.07) is 18.8. The van der Waals surface area contributed by atoms with Crippen molar-refractivity contribution < 1.29 is 27.8 Å². The lowest BCUT2D eigenvalue weighted by molar-refractivity contribution is -0.137. The first-order valence-corrected chi connectivity index (χ1v) is 8.52. The molecule has 0 aliphatic rings. The van der Waals surface area contributed by atoms with Gasteiger partial charge < -0.3 is 9.84 Å². The zero-order valence-corrected chi connectivity index (χ0v) is 14.7. The minimum Gasteiger partial charge on any atom is -0.489 e. The Bertz CT molecular complexity index is 963. The maximum Gasteiger partial charge on any atom is 0.417 e. The normalized spacial score (nSPS) is 11.2. The molecule has 0 amide bonds. The first-order valence-electron chi connectivity index (χ1n) is 8.52. The molecule has 1 N–H and O–H groups in total. The maximum atomic E-state index is 13.4. The molecule has 3 aromatic rings. The summed E-state index contributed by atoms with van der Waals surface area (Å²) in [7, 11) is 0. The molecule has 0 spiro atoms. The summed E-state index contributed by atoms with van der Waals surface area (Å²) in [4.78, 5) is 10.7. The van der Waals surface area contributed by atoms with Crippen molar-refractivity contribution in [1.29, 1.82) is 0 Å². The van der Waals surface area contributed by atoms with Gasteiger partial charge in [0.15, 0.2) is 0 Å². The number of benzene rings is 3. The Morgan fingerprint density at radius 1 is 0.857 bits per heavy atom. The molecule has 0 saturated heterocycles. The first kappa shape index (κ1) is 19.5. The van der Waals surface area contributed by atoms with E-state index in [1.165, 1.54) is 12.1 Å². The van der Waals surface area contributed by atoms with Crippen LogP contribution in [0, 0.1) is 0 Å². The van der Waals surface area contributed by atoms with Gasteiger partial charge in [-0.25, -0.2) is 0 Å². The van der Waals surface area contributed by atoms with E-state index in [1.54, 1.807) is 54.6 Å². The van der Waals surface area contributed by atoms with Crippen molar-refractivity contribution in [3.8, 4) is 16.9 Å². The van der Waals surface area contributed by atoms with Crippen LogP contribution in [-0.2, 0) is 24.0 Å². The van der Waals surface area contributed by atoms with Crippen LogP contribution in [0.5, 0.6) is 5.75 Å². The van der Waals surface area contributed by atoms with Crippen molar-refractivity contribution in [3.63, 3.8) is 0 Å². The lowest BCUT2D eigenvalue weighted by Crippen LogP contribution is -2.08. The SMILES string of the molecule is O=C(O)Cc1ccc(OCc2ccccc2-c2ccccc2C(F)(F)F)cc1. The summed E-state index contributed by atoms with van der Waals surface area (Å²) in [5, 5.41) is 8.80. The van der Waals surface area contributed by atoms with Gasteiger partial charge in [-0.3, -0.25) is 4.79 Å². The molecule has 0 saturated carbocycles. The number of hydrogen-bond acceptors (Lipinski definition) is 2. The number of hydrogen-bond donors (Lipinski definition) is 1. The highest BCUT2D eigenvalue weighted by atomic mass is 19.4. The van der Waals surface area contributed by atoms with E-state index in [0.29, 0.717) is 22.4 Å². The van der Waals surface area contributed by atoms with Gasteiger partial charge in [0.1, 0.15) is 12.4 Å². The summed E-state index contributed by atoms with van der Waals surface area (Å²) in [6.45, 7) is 0.0840. The third-order valence-electron chi connectivity index (χ3n) is 4.21. The van der Waals surface area contributed by atoms with Crippen LogP contribution in [0.4, 0.5) is 13.2 Å². The molecule has 144 valence electrons. The number of ether oxygens (including phenoxy) is 1. The highest BCUT2D eigenvalue weighted by Crippen LogP contribution is 2.38. The molecule has 0 aliphatic carbocycles. The predicted octanol–water partition coefficient (Wildman–Crippen LogP) is 5.58. The lowest BCUT2D eigenvalue weighted by Gasteiger charge is -2.16. The second-order valence-corrected chi connectivity index (χ2v) is 6.20. The molecular formula is C22H17F3O3. The van der Waals surface area contributed by atoms with Gasteiger partial charge in [-0.2, -0.15) is 13.2 Å². The van der Waals surface area contributed by atoms with Gasteiger partial charge in [0.2, 0.25) is 0 Å². The van der Waals surface area contributed by atoms with Crippen molar-refractivity contribution in [2.24, 2.45) is 0 Å².